The van der Waals surface area contributed by atoms with Gasteiger partial charge in [-0.3, -0.25) is 9.78 Å². The van der Waals surface area contributed by atoms with Crippen molar-refractivity contribution in [2.75, 3.05) is 0 Å². The molecule has 0 bridgehead atoms. The summed E-state index contributed by atoms with van der Waals surface area (Å²) in [4.78, 5) is 15.5. The smallest absolute Gasteiger partial charge is 0.186 e. The van der Waals surface area contributed by atoms with Gasteiger partial charge in [0.2, 0.25) is 0 Å². The fourth-order valence-electron chi connectivity index (χ4n) is 1.15. The van der Waals surface area contributed by atoms with Gasteiger partial charge in [0.1, 0.15) is 0 Å². The Hall–Kier alpha value is -1.74. The van der Waals surface area contributed by atoms with Crippen molar-refractivity contribution in [2.45, 2.75) is 0 Å². The van der Waals surface area contributed by atoms with Crippen molar-refractivity contribution in [1.29, 1.82) is 0 Å². The average molecular weight is 215 g/mol. The monoisotopic (exact) mass is 215 g/mol. The molecule has 3 heteroatoms. The van der Waals surface area contributed by atoms with E-state index in [0.717, 1.165) is 11.1 Å². The molecule has 15 heavy (non-hydrogen) atoms. The number of hydrogen-bond donors (Lipinski definition) is 0. The van der Waals surface area contributed by atoms with Gasteiger partial charge in [0.15, 0.2) is 5.78 Å². The van der Waals surface area contributed by atoms with Crippen LogP contribution in [0.2, 0.25) is 0 Å². The van der Waals surface area contributed by atoms with Crippen molar-refractivity contribution in [3.63, 3.8) is 0 Å². The molecule has 0 N–H and O–H groups in total. The summed E-state index contributed by atoms with van der Waals surface area (Å²) in [5.41, 5.74) is 1.67. The van der Waals surface area contributed by atoms with Crippen LogP contribution in [0.4, 0.5) is 0 Å². The number of thiophene rings is 1. The van der Waals surface area contributed by atoms with Gasteiger partial charge in [0.25, 0.3) is 0 Å². The first kappa shape index (κ1) is 9.80. The summed E-state index contributed by atoms with van der Waals surface area (Å²) < 4.78 is 0. The van der Waals surface area contributed by atoms with Crippen LogP contribution in [-0.2, 0) is 0 Å². The van der Waals surface area contributed by atoms with Crippen LogP contribution >= 0.6 is 11.3 Å². The van der Waals surface area contributed by atoms with Gasteiger partial charge in [-0.1, -0.05) is 6.07 Å². The number of pyridine rings is 1. The summed E-state index contributed by atoms with van der Waals surface area (Å²) in [6.07, 6.45) is 6.77. The Kier molecular flexibility index (Phi) is 3.05. The predicted octanol–water partition coefficient (Wildman–Crippen LogP) is 3.04. The van der Waals surface area contributed by atoms with Gasteiger partial charge < -0.3 is 0 Å². The lowest BCUT2D eigenvalue weighted by molar-refractivity contribution is 0.104. The lowest BCUT2D eigenvalue weighted by atomic mass is 10.2. The van der Waals surface area contributed by atoms with Crippen LogP contribution in [0.3, 0.4) is 0 Å². The van der Waals surface area contributed by atoms with Gasteiger partial charge in [-0.25, -0.2) is 0 Å². The second kappa shape index (κ2) is 4.66. The third kappa shape index (κ3) is 2.60. The van der Waals surface area contributed by atoms with E-state index in [1.54, 1.807) is 24.5 Å². The largest absolute Gasteiger partial charge is 0.289 e. The van der Waals surface area contributed by atoms with Crippen molar-refractivity contribution in [3.8, 4) is 0 Å². The molecule has 0 unspecified atom stereocenters. The Bertz CT molecular complexity index is 460. The predicted molar refractivity (Wildman–Crippen MR) is 61.9 cm³/mol. The van der Waals surface area contributed by atoms with Crippen LogP contribution in [0.25, 0.3) is 6.08 Å². The fraction of sp³-hybridized carbons (Fsp3) is 0. The highest BCUT2D eigenvalue weighted by Gasteiger charge is 2.00. The van der Waals surface area contributed by atoms with Crippen LogP contribution in [0.1, 0.15) is 15.9 Å². The number of aromatic nitrogens is 1. The molecule has 2 aromatic rings. The number of nitrogens with zero attached hydrogens (tertiary/aromatic N) is 1. The number of allylic oxidation sites excluding steroid dienone is 1. The summed E-state index contributed by atoms with van der Waals surface area (Å²) in [6, 6.07) is 5.57. The minimum atomic E-state index is 0.0279. The second-order valence-corrected chi connectivity index (χ2v) is 3.78. The summed E-state index contributed by atoms with van der Waals surface area (Å²) in [6.45, 7) is 0. The van der Waals surface area contributed by atoms with Gasteiger partial charge in [-0.2, -0.15) is 11.3 Å². The van der Waals surface area contributed by atoms with E-state index >= 15 is 0 Å². The molecule has 0 radical (unpaired) electrons. The molecule has 0 aliphatic heterocycles. The maximum Gasteiger partial charge on any atom is 0.186 e. The standard InChI is InChI=1S/C12H9NOS/c14-12(11-5-7-15-9-11)4-3-10-2-1-6-13-8-10/h1-9H/b4-3-. The second-order valence-electron chi connectivity index (χ2n) is 3.00. The zero-order valence-electron chi connectivity index (χ0n) is 7.96. The first-order chi connectivity index (χ1) is 7.36. The Labute approximate surface area is 91.9 Å². The van der Waals surface area contributed by atoms with E-state index in [2.05, 4.69) is 4.98 Å². The first-order valence-corrected chi connectivity index (χ1v) is 5.45. The normalized spacial score (nSPS) is 10.7. The zero-order valence-corrected chi connectivity index (χ0v) is 8.78. The SMILES string of the molecule is O=C(/C=C\c1cccnc1)c1ccsc1. The van der Waals surface area contributed by atoms with E-state index in [4.69, 9.17) is 0 Å². The van der Waals surface area contributed by atoms with E-state index in [1.807, 2.05) is 29.0 Å². The number of carbonyl (C=O) groups excluding carboxylic acids is 1. The molecule has 0 saturated heterocycles. The lowest BCUT2D eigenvalue weighted by Gasteiger charge is -1.90. The van der Waals surface area contributed by atoms with E-state index in [0.29, 0.717) is 0 Å². The molecule has 2 aromatic heterocycles. The van der Waals surface area contributed by atoms with Crippen LogP contribution in [-0.4, -0.2) is 10.8 Å². The molecule has 74 valence electrons. The highest BCUT2D eigenvalue weighted by atomic mass is 32.1. The Balaban J connectivity index is 2.10. The van der Waals surface area contributed by atoms with Crippen LogP contribution < -0.4 is 0 Å². The van der Waals surface area contributed by atoms with Gasteiger partial charge in [-0.05, 0) is 35.2 Å². The highest BCUT2D eigenvalue weighted by Crippen LogP contribution is 2.08. The van der Waals surface area contributed by atoms with Crippen molar-refractivity contribution in [1.82, 2.24) is 4.98 Å². The average Bonchev–Trinajstić information content (AvgIpc) is 2.81. The third-order valence-electron chi connectivity index (χ3n) is 1.92. The van der Waals surface area contributed by atoms with Gasteiger partial charge in [0, 0.05) is 23.3 Å². The van der Waals surface area contributed by atoms with E-state index in [-0.39, 0.29) is 5.78 Å². The van der Waals surface area contributed by atoms with Crippen LogP contribution in [0, 0.1) is 0 Å². The van der Waals surface area contributed by atoms with Crippen molar-refractivity contribution >= 4 is 23.2 Å². The van der Waals surface area contributed by atoms with Gasteiger partial charge in [-0.15, -0.1) is 0 Å². The molecule has 0 fully saturated rings. The summed E-state index contributed by atoms with van der Waals surface area (Å²) in [7, 11) is 0. The summed E-state index contributed by atoms with van der Waals surface area (Å²) >= 11 is 1.52. The van der Waals surface area contributed by atoms with Gasteiger partial charge >= 0.3 is 0 Å². The summed E-state index contributed by atoms with van der Waals surface area (Å²) in [5, 5.41) is 3.74. The molecule has 0 amide bonds. The molecule has 0 saturated carbocycles. The molecule has 0 atom stereocenters. The topological polar surface area (TPSA) is 30.0 Å². The first-order valence-electron chi connectivity index (χ1n) is 4.51. The number of ketones is 1. The van der Waals surface area contributed by atoms with E-state index in [1.165, 1.54) is 11.3 Å². The number of rotatable bonds is 3. The molecular weight excluding hydrogens is 206 g/mol. The molecule has 2 rings (SSSR count). The quantitative estimate of drug-likeness (QED) is 0.582. The molecule has 0 aliphatic carbocycles. The fourth-order valence-corrected chi connectivity index (χ4v) is 1.79. The minimum absolute atomic E-state index is 0.0279. The van der Waals surface area contributed by atoms with E-state index in [9.17, 15) is 4.79 Å². The maximum atomic E-state index is 11.6. The zero-order chi connectivity index (χ0) is 10.5. The minimum Gasteiger partial charge on any atom is -0.289 e. The maximum absolute atomic E-state index is 11.6. The molecule has 0 spiro atoms. The van der Waals surface area contributed by atoms with Crippen LogP contribution in [0.5, 0.6) is 0 Å². The Morgan fingerprint density at radius 2 is 2.33 bits per heavy atom. The molecule has 0 aromatic carbocycles. The Morgan fingerprint density at radius 3 is 3.00 bits per heavy atom. The van der Waals surface area contributed by atoms with Crippen LogP contribution in [0.15, 0.2) is 47.4 Å². The number of hydrogen-bond acceptors (Lipinski definition) is 3. The molecule has 0 aliphatic rings. The lowest BCUT2D eigenvalue weighted by Crippen LogP contribution is -1.90. The van der Waals surface area contributed by atoms with Crippen molar-refractivity contribution in [2.24, 2.45) is 0 Å². The van der Waals surface area contributed by atoms with Gasteiger partial charge in [0.05, 0.1) is 0 Å². The highest BCUT2D eigenvalue weighted by molar-refractivity contribution is 7.08. The molecule has 2 nitrogen and oxygen atoms in total. The van der Waals surface area contributed by atoms with E-state index < -0.39 is 0 Å². The van der Waals surface area contributed by atoms with Crippen molar-refractivity contribution < 1.29 is 4.79 Å². The van der Waals surface area contributed by atoms with Crippen molar-refractivity contribution in [3.05, 3.63) is 58.6 Å². The Morgan fingerprint density at radius 1 is 1.40 bits per heavy atom. The third-order valence-corrected chi connectivity index (χ3v) is 2.60. The molecule has 2 heterocycles. The summed E-state index contributed by atoms with van der Waals surface area (Å²) in [5.74, 6) is 0.0279. The molecular formula is C12H9NOS. The number of carbonyl (C=O) groups is 1.